The van der Waals surface area contributed by atoms with Crippen LogP contribution in [-0.2, 0) is 4.79 Å². The van der Waals surface area contributed by atoms with Crippen molar-refractivity contribution in [2.75, 3.05) is 19.0 Å². The van der Waals surface area contributed by atoms with Gasteiger partial charge in [-0.3, -0.25) is 20.2 Å². The fraction of sp³-hybridized carbons (Fsp3) is 0.167. The third kappa shape index (κ3) is 5.85. The Morgan fingerprint density at radius 3 is 2.42 bits per heavy atom. The van der Waals surface area contributed by atoms with E-state index in [2.05, 4.69) is 10.6 Å². The second kappa shape index (κ2) is 10.3. The molecule has 0 aliphatic rings. The number of nitrogens with zero attached hydrogens (tertiary/aromatic N) is 1. The summed E-state index contributed by atoms with van der Waals surface area (Å²) in [5.41, 5.74) is 3.45. The van der Waals surface area contributed by atoms with Crippen molar-refractivity contribution < 1.29 is 24.0 Å². The fourth-order valence-corrected chi connectivity index (χ4v) is 3.10. The number of methoxy groups -OCH3 is 1. The number of ether oxygens (including phenoxy) is 2. The van der Waals surface area contributed by atoms with Crippen LogP contribution in [0.5, 0.6) is 11.5 Å². The molecule has 3 rings (SSSR count). The third-order valence-corrected chi connectivity index (χ3v) is 5.04. The Kier molecular flexibility index (Phi) is 7.24. The summed E-state index contributed by atoms with van der Waals surface area (Å²) in [6.07, 6.45) is 0. The zero-order valence-electron chi connectivity index (χ0n) is 18.4. The molecule has 33 heavy (non-hydrogen) atoms. The van der Waals surface area contributed by atoms with Crippen LogP contribution in [0.3, 0.4) is 0 Å². The lowest BCUT2D eigenvalue weighted by molar-refractivity contribution is -0.384. The number of non-ortho nitro benzene ring substituents is 1. The van der Waals surface area contributed by atoms with E-state index in [9.17, 15) is 19.7 Å². The average Bonchev–Trinajstić information content (AvgIpc) is 2.80. The maximum Gasteiger partial charge on any atom is 0.325 e. The quantitative estimate of drug-likeness (QED) is 0.401. The zero-order chi connectivity index (χ0) is 24.0. The van der Waals surface area contributed by atoms with Gasteiger partial charge in [-0.1, -0.05) is 24.3 Å². The van der Waals surface area contributed by atoms with E-state index in [0.29, 0.717) is 22.6 Å². The lowest BCUT2D eigenvalue weighted by Crippen LogP contribution is -2.37. The first-order valence-electron chi connectivity index (χ1n) is 10.0. The number of carbonyl (C=O) groups excluding carboxylic acids is 2. The Morgan fingerprint density at radius 1 is 1.03 bits per heavy atom. The summed E-state index contributed by atoms with van der Waals surface area (Å²) in [4.78, 5) is 35.1. The lowest BCUT2D eigenvalue weighted by Gasteiger charge is -2.13. The summed E-state index contributed by atoms with van der Waals surface area (Å²) in [6, 6.07) is 15.7. The molecule has 2 N–H and O–H groups in total. The molecule has 0 bridgehead atoms. The van der Waals surface area contributed by atoms with Gasteiger partial charge >= 0.3 is 6.03 Å². The summed E-state index contributed by atoms with van der Waals surface area (Å²) < 4.78 is 10.7. The molecule has 0 aromatic heterocycles. The number of hydrogen-bond donors (Lipinski definition) is 2. The van der Waals surface area contributed by atoms with E-state index < -0.39 is 23.5 Å². The monoisotopic (exact) mass is 449 g/mol. The largest absolute Gasteiger partial charge is 0.497 e. The maximum atomic E-state index is 12.3. The molecule has 0 saturated carbocycles. The molecule has 0 unspecified atom stereocenters. The van der Waals surface area contributed by atoms with Crippen molar-refractivity contribution in [3.8, 4) is 22.6 Å². The number of rotatable bonds is 7. The van der Waals surface area contributed by atoms with Gasteiger partial charge in [-0.25, -0.2) is 4.79 Å². The van der Waals surface area contributed by atoms with Crippen molar-refractivity contribution in [2.45, 2.75) is 13.8 Å². The number of nitrogens with one attached hydrogen (secondary N) is 2. The Labute approximate surface area is 190 Å². The van der Waals surface area contributed by atoms with Crippen molar-refractivity contribution in [3.63, 3.8) is 0 Å². The van der Waals surface area contributed by atoms with Crippen molar-refractivity contribution >= 4 is 23.3 Å². The number of amides is 3. The highest BCUT2D eigenvalue weighted by molar-refractivity contribution is 6.02. The molecule has 0 heterocycles. The molecule has 9 nitrogen and oxygen atoms in total. The standard InChI is InChI=1S/C24H23N3O6/c1-15-5-4-6-21(16(15)2)25-24(29)26-23(28)14-33-22-12-9-18(27(30)31)13-20(22)17-7-10-19(32-3)11-8-17/h4-13H,14H2,1-3H3,(H2,25,26,28,29). The van der Waals surface area contributed by atoms with Crippen LogP contribution in [0.25, 0.3) is 11.1 Å². The molecule has 3 aromatic carbocycles. The number of imide groups is 1. The highest BCUT2D eigenvalue weighted by Gasteiger charge is 2.16. The minimum Gasteiger partial charge on any atom is -0.497 e. The topological polar surface area (TPSA) is 120 Å². The number of nitro benzene ring substituents is 1. The van der Waals surface area contributed by atoms with Gasteiger partial charge in [-0.15, -0.1) is 0 Å². The van der Waals surface area contributed by atoms with Crippen LogP contribution in [0.1, 0.15) is 11.1 Å². The second-order valence-electron chi connectivity index (χ2n) is 7.20. The van der Waals surface area contributed by atoms with Crippen LogP contribution in [0.2, 0.25) is 0 Å². The van der Waals surface area contributed by atoms with E-state index in [0.717, 1.165) is 11.1 Å². The van der Waals surface area contributed by atoms with Gasteiger partial charge in [0.15, 0.2) is 6.61 Å². The number of nitro groups is 1. The Hall–Kier alpha value is -4.40. The van der Waals surface area contributed by atoms with Gasteiger partial charge in [0.25, 0.3) is 11.6 Å². The molecule has 0 radical (unpaired) electrons. The summed E-state index contributed by atoms with van der Waals surface area (Å²) in [6.45, 7) is 3.33. The van der Waals surface area contributed by atoms with Crippen LogP contribution in [0, 0.1) is 24.0 Å². The molecule has 0 aliphatic heterocycles. The summed E-state index contributed by atoms with van der Waals surface area (Å²) in [5.74, 6) is 0.216. The van der Waals surface area contributed by atoms with Crippen LogP contribution < -0.4 is 20.1 Å². The molecule has 3 aromatic rings. The number of aryl methyl sites for hydroxylation is 1. The first-order chi connectivity index (χ1) is 15.8. The molecular formula is C24H23N3O6. The first kappa shape index (κ1) is 23.3. The highest BCUT2D eigenvalue weighted by atomic mass is 16.6. The normalized spacial score (nSPS) is 10.3. The molecule has 0 spiro atoms. The van der Waals surface area contributed by atoms with Crippen LogP contribution in [0.4, 0.5) is 16.2 Å². The van der Waals surface area contributed by atoms with Gasteiger partial charge < -0.3 is 14.8 Å². The molecule has 9 heteroatoms. The molecule has 0 atom stereocenters. The minimum atomic E-state index is -0.684. The van der Waals surface area contributed by atoms with E-state index in [1.807, 2.05) is 19.9 Å². The van der Waals surface area contributed by atoms with Crippen molar-refractivity contribution in [2.24, 2.45) is 0 Å². The molecule has 0 aliphatic carbocycles. The fourth-order valence-electron chi connectivity index (χ4n) is 3.10. The van der Waals surface area contributed by atoms with Gasteiger partial charge in [0.1, 0.15) is 11.5 Å². The SMILES string of the molecule is COc1ccc(-c2cc([N+](=O)[O-])ccc2OCC(=O)NC(=O)Nc2cccc(C)c2C)cc1. The predicted octanol–water partition coefficient (Wildman–Crippen LogP) is 4.61. The number of benzene rings is 3. The lowest BCUT2D eigenvalue weighted by atomic mass is 10.0. The summed E-state index contributed by atoms with van der Waals surface area (Å²) >= 11 is 0. The van der Waals surface area contributed by atoms with Gasteiger partial charge in [0.05, 0.1) is 12.0 Å². The summed E-state index contributed by atoms with van der Waals surface area (Å²) in [7, 11) is 1.53. The average molecular weight is 449 g/mol. The Morgan fingerprint density at radius 2 is 1.76 bits per heavy atom. The van der Waals surface area contributed by atoms with E-state index in [4.69, 9.17) is 9.47 Å². The highest BCUT2D eigenvalue weighted by Crippen LogP contribution is 2.34. The zero-order valence-corrected chi connectivity index (χ0v) is 18.4. The van der Waals surface area contributed by atoms with E-state index in [1.54, 1.807) is 36.4 Å². The van der Waals surface area contributed by atoms with Gasteiger partial charge in [0, 0.05) is 23.4 Å². The molecular weight excluding hydrogens is 426 g/mol. The molecule has 3 amide bonds. The predicted molar refractivity (Wildman–Crippen MR) is 124 cm³/mol. The van der Waals surface area contributed by atoms with E-state index in [-0.39, 0.29) is 11.4 Å². The van der Waals surface area contributed by atoms with Crippen molar-refractivity contribution in [1.29, 1.82) is 0 Å². The van der Waals surface area contributed by atoms with Gasteiger partial charge in [-0.2, -0.15) is 0 Å². The number of carbonyl (C=O) groups is 2. The van der Waals surface area contributed by atoms with Crippen molar-refractivity contribution in [1.82, 2.24) is 5.32 Å². The van der Waals surface area contributed by atoms with Crippen LogP contribution >= 0.6 is 0 Å². The smallest absolute Gasteiger partial charge is 0.325 e. The Balaban J connectivity index is 1.70. The van der Waals surface area contributed by atoms with E-state index in [1.165, 1.54) is 25.3 Å². The van der Waals surface area contributed by atoms with Crippen LogP contribution in [-0.4, -0.2) is 30.6 Å². The minimum absolute atomic E-state index is 0.120. The van der Waals surface area contributed by atoms with E-state index >= 15 is 0 Å². The van der Waals surface area contributed by atoms with Gasteiger partial charge in [-0.05, 0) is 54.8 Å². The molecule has 0 saturated heterocycles. The molecule has 170 valence electrons. The number of urea groups is 1. The summed E-state index contributed by atoms with van der Waals surface area (Å²) in [5, 5.41) is 16.1. The number of anilines is 1. The van der Waals surface area contributed by atoms with Crippen molar-refractivity contribution in [3.05, 3.63) is 81.9 Å². The maximum absolute atomic E-state index is 12.3. The second-order valence-corrected chi connectivity index (χ2v) is 7.20. The number of hydrogen-bond acceptors (Lipinski definition) is 6. The third-order valence-electron chi connectivity index (χ3n) is 5.04. The first-order valence-corrected chi connectivity index (χ1v) is 10.0. The van der Waals surface area contributed by atoms with Gasteiger partial charge in [0.2, 0.25) is 0 Å². The Bertz CT molecular complexity index is 1190. The molecule has 0 fully saturated rings. The van der Waals surface area contributed by atoms with Crippen LogP contribution in [0.15, 0.2) is 60.7 Å².